The number of rotatable bonds is 1. The molecule has 0 atom stereocenters. The van der Waals surface area contributed by atoms with E-state index in [1.165, 1.54) is 22.6 Å². The van der Waals surface area contributed by atoms with Gasteiger partial charge in [0.2, 0.25) is 0 Å². The summed E-state index contributed by atoms with van der Waals surface area (Å²) in [5.41, 5.74) is 0. The maximum atomic E-state index is 12.4. The molecule has 0 saturated heterocycles. The molecule has 0 heterocycles. The van der Waals surface area contributed by atoms with Gasteiger partial charge in [0, 0.05) is 5.92 Å². The van der Waals surface area contributed by atoms with Crippen molar-refractivity contribution in [2.24, 2.45) is 5.92 Å². The quantitative estimate of drug-likeness (QED) is 0.492. The van der Waals surface area contributed by atoms with E-state index in [-0.39, 0.29) is 5.92 Å². The third-order valence-electron chi connectivity index (χ3n) is 1.82. The third kappa shape index (κ3) is 2.02. The number of hydrogen-bond acceptors (Lipinski definition) is 0. The first kappa shape index (κ1) is 7.69. The van der Waals surface area contributed by atoms with Crippen LogP contribution in [0.2, 0.25) is 0 Å². The Morgan fingerprint density at radius 3 is 1.89 bits per heavy atom. The van der Waals surface area contributed by atoms with Gasteiger partial charge in [0.25, 0.3) is 3.93 Å². The molecule has 0 aliphatic heterocycles. The second kappa shape index (κ2) is 2.68. The van der Waals surface area contributed by atoms with Crippen molar-refractivity contribution >= 4 is 22.6 Å². The maximum absolute atomic E-state index is 12.4. The molecule has 1 aliphatic rings. The Balaban J connectivity index is 2.42. The molecule has 0 bridgehead atoms. The Morgan fingerprint density at radius 1 is 1.22 bits per heavy atom. The van der Waals surface area contributed by atoms with Crippen LogP contribution in [0.15, 0.2) is 0 Å². The van der Waals surface area contributed by atoms with Gasteiger partial charge in [-0.15, -0.1) is 0 Å². The second-order valence-corrected chi connectivity index (χ2v) is 3.96. The van der Waals surface area contributed by atoms with Crippen LogP contribution in [0.25, 0.3) is 0 Å². The van der Waals surface area contributed by atoms with Crippen LogP contribution in [0, 0.1) is 5.92 Å². The molecule has 0 aromatic rings. The molecule has 3 heteroatoms. The van der Waals surface area contributed by atoms with E-state index >= 15 is 0 Å². The molecule has 1 rings (SSSR count). The zero-order chi connectivity index (χ0) is 6.91. The van der Waals surface area contributed by atoms with Gasteiger partial charge in [-0.2, -0.15) is 8.78 Å². The van der Waals surface area contributed by atoms with E-state index in [4.69, 9.17) is 0 Å². The monoisotopic (exact) mass is 246 g/mol. The number of alkyl halides is 3. The van der Waals surface area contributed by atoms with Gasteiger partial charge in [0.15, 0.2) is 0 Å². The van der Waals surface area contributed by atoms with Gasteiger partial charge in [0.1, 0.15) is 0 Å². The molecule has 1 aliphatic carbocycles. The Kier molecular flexibility index (Phi) is 2.29. The molecule has 1 fully saturated rings. The lowest BCUT2D eigenvalue weighted by Crippen LogP contribution is -2.16. The lowest BCUT2D eigenvalue weighted by molar-refractivity contribution is 0.0608. The molecule has 0 unspecified atom stereocenters. The Morgan fingerprint density at radius 2 is 1.67 bits per heavy atom. The molecule has 0 nitrogen and oxygen atoms in total. The molecular weight excluding hydrogens is 237 g/mol. The molecule has 1 saturated carbocycles. The zero-order valence-electron chi connectivity index (χ0n) is 5.04. The van der Waals surface area contributed by atoms with Crippen molar-refractivity contribution < 1.29 is 8.78 Å². The second-order valence-electron chi connectivity index (χ2n) is 2.52. The van der Waals surface area contributed by atoms with Gasteiger partial charge >= 0.3 is 0 Å². The summed E-state index contributed by atoms with van der Waals surface area (Å²) >= 11 is 1.25. The summed E-state index contributed by atoms with van der Waals surface area (Å²) in [5, 5.41) is 0. The van der Waals surface area contributed by atoms with E-state index in [2.05, 4.69) is 0 Å². The van der Waals surface area contributed by atoms with Crippen LogP contribution < -0.4 is 0 Å². The Labute approximate surface area is 67.2 Å². The molecule has 0 spiro atoms. The van der Waals surface area contributed by atoms with Crippen LogP contribution >= 0.6 is 22.6 Å². The summed E-state index contributed by atoms with van der Waals surface area (Å²) in [6.07, 6.45) is 3.42. The standard InChI is InChI=1S/C6H9F2I/c7-6(8,9)5-3-1-2-4-5/h5H,1-4H2. The van der Waals surface area contributed by atoms with E-state index in [0.717, 1.165) is 25.7 Å². The first-order chi connectivity index (χ1) is 4.11. The van der Waals surface area contributed by atoms with Crippen molar-refractivity contribution in [3.63, 3.8) is 0 Å². The van der Waals surface area contributed by atoms with Gasteiger partial charge in [0.05, 0.1) is 0 Å². The molecular formula is C6H9F2I. The SMILES string of the molecule is FC(F)(I)C1CCCC1. The third-order valence-corrected chi connectivity index (χ3v) is 2.70. The predicted octanol–water partition coefficient (Wildman–Crippen LogP) is 3.20. The van der Waals surface area contributed by atoms with Crippen molar-refractivity contribution in [1.82, 2.24) is 0 Å². The summed E-state index contributed by atoms with van der Waals surface area (Å²) < 4.78 is 22.4. The fraction of sp³-hybridized carbons (Fsp3) is 1.00. The molecule has 0 radical (unpaired) electrons. The minimum atomic E-state index is -2.45. The van der Waals surface area contributed by atoms with Crippen molar-refractivity contribution in [1.29, 1.82) is 0 Å². The minimum absolute atomic E-state index is 0.335. The minimum Gasteiger partial charge on any atom is -0.195 e. The Bertz CT molecular complexity index is 91.7. The molecule has 0 amide bonds. The smallest absolute Gasteiger partial charge is 0.195 e. The van der Waals surface area contributed by atoms with E-state index in [1.807, 2.05) is 0 Å². The van der Waals surface area contributed by atoms with E-state index < -0.39 is 3.93 Å². The van der Waals surface area contributed by atoms with E-state index in [9.17, 15) is 8.78 Å². The van der Waals surface area contributed by atoms with Gasteiger partial charge < -0.3 is 0 Å². The van der Waals surface area contributed by atoms with E-state index in [0.29, 0.717) is 0 Å². The van der Waals surface area contributed by atoms with Crippen molar-refractivity contribution in [2.45, 2.75) is 29.6 Å². The highest BCUT2D eigenvalue weighted by Crippen LogP contribution is 2.41. The lowest BCUT2D eigenvalue weighted by Gasteiger charge is -2.14. The largest absolute Gasteiger partial charge is 0.299 e. The van der Waals surface area contributed by atoms with Gasteiger partial charge in [-0.1, -0.05) is 12.8 Å². The molecule has 9 heavy (non-hydrogen) atoms. The summed E-state index contributed by atoms with van der Waals surface area (Å²) in [6, 6.07) is 0. The van der Waals surface area contributed by atoms with Crippen LogP contribution in [-0.2, 0) is 0 Å². The molecule has 0 N–H and O–H groups in total. The zero-order valence-corrected chi connectivity index (χ0v) is 7.20. The average Bonchev–Trinajstić information content (AvgIpc) is 2.08. The molecule has 0 aromatic carbocycles. The van der Waals surface area contributed by atoms with Gasteiger partial charge in [-0.3, -0.25) is 0 Å². The highest BCUT2D eigenvalue weighted by molar-refractivity contribution is 14.1. The Hall–Kier alpha value is 0.590. The van der Waals surface area contributed by atoms with Crippen LogP contribution in [0.5, 0.6) is 0 Å². The number of halogens is 3. The van der Waals surface area contributed by atoms with Crippen molar-refractivity contribution in [3.8, 4) is 0 Å². The predicted molar refractivity (Wildman–Crippen MR) is 40.9 cm³/mol. The van der Waals surface area contributed by atoms with Crippen LogP contribution in [-0.4, -0.2) is 3.93 Å². The summed E-state index contributed by atoms with van der Waals surface area (Å²) in [7, 11) is 0. The van der Waals surface area contributed by atoms with Crippen molar-refractivity contribution in [2.75, 3.05) is 0 Å². The average molecular weight is 246 g/mol. The maximum Gasteiger partial charge on any atom is 0.299 e. The van der Waals surface area contributed by atoms with Gasteiger partial charge in [-0.25, -0.2) is 0 Å². The fourth-order valence-corrected chi connectivity index (χ4v) is 1.88. The first-order valence-corrected chi connectivity index (χ1v) is 4.25. The lowest BCUT2D eigenvalue weighted by atomic mass is 10.1. The molecule has 0 aromatic heterocycles. The highest BCUT2D eigenvalue weighted by Gasteiger charge is 2.37. The molecule has 54 valence electrons. The number of hydrogen-bond donors (Lipinski definition) is 0. The van der Waals surface area contributed by atoms with Crippen molar-refractivity contribution in [3.05, 3.63) is 0 Å². The topological polar surface area (TPSA) is 0 Å². The summed E-state index contributed by atoms with van der Waals surface area (Å²) in [6.45, 7) is 0. The van der Waals surface area contributed by atoms with Crippen LogP contribution in [0.3, 0.4) is 0 Å². The first-order valence-electron chi connectivity index (χ1n) is 3.17. The summed E-state index contributed by atoms with van der Waals surface area (Å²) in [4.78, 5) is 0. The summed E-state index contributed by atoms with van der Waals surface area (Å²) in [5.74, 6) is -0.335. The normalized spacial score (nSPS) is 23.0. The van der Waals surface area contributed by atoms with Crippen LogP contribution in [0.4, 0.5) is 8.78 Å². The fourth-order valence-electron chi connectivity index (χ4n) is 1.25. The van der Waals surface area contributed by atoms with E-state index in [1.54, 1.807) is 0 Å². The highest BCUT2D eigenvalue weighted by atomic mass is 127. The van der Waals surface area contributed by atoms with Crippen LogP contribution in [0.1, 0.15) is 25.7 Å². The van der Waals surface area contributed by atoms with Gasteiger partial charge in [-0.05, 0) is 35.4 Å².